The Bertz CT molecular complexity index is 793. The molecule has 0 saturated heterocycles. The molecule has 0 aromatic heterocycles. The average Bonchev–Trinajstić information content (AvgIpc) is 2.34. The van der Waals surface area contributed by atoms with E-state index in [2.05, 4.69) is 4.99 Å². The van der Waals surface area contributed by atoms with Crippen LogP contribution in [0.4, 0.5) is 0 Å². The fraction of sp³-hybridized carbons (Fsp3) is 0.0909. The van der Waals surface area contributed by atoms with Crippen LogP contribution in [0.25, 0.3) is 0 Å². The molecule has 0 heterocycles. The molecule has 1 aromatic carbocycles. The highest BCUT2D eigenvalue weighted by Crippen LogP contribution is 2.21. The van der Waals surface area contributed by atoms with Gasteiger partial charge in [0.1, 0.15) is 12.1 Å². The van der Waals surface area contributed by atoms with Crippen LogP contribution >= 0.6 is 0 Å². The average molecular weight is 291 g/mol. The van der Waals surface area contributed by atoms with Gasteiger partial charge >= 0.3 is 0 Å². The molecule has 0 fully saturated rings. The number of carbonyl (C=O) groups excluding carboxylic acids is 1. The number of carbonyl (C=O) groups is 1. The number of nitriles is 2. The number of nitrogens with zero attached hydrogens (tertiary/aromatic N) is 3. The summed E-state index contributed by atoms with van der Waals surface area (Å²) in [6, 6.07) is 5.27. The van der Waals surface area contributed by atoms with Gasteiger partial charge in [0, 0.05) is 6.26 Å². The van der Waals surface area contributed by atoms with Crippen molar-refractivity contribution in [1.29, 1.82) is 10.5 Å². The quantitative estimate of drug-likeness (QED) is 0.534. The van der Waals surface area contributed by atoms with Gasteiger partial charge in [-0.1, -0.05) is 0 Å². The lowest BCUT2D eigenvalue weighted by Gasteiger charge is -2.06. The summed E-state index contributed by atoms with van der Waals surface area (Å²) >= 11 is 0. The molecule has 8 nitrogen and oxygen atoms in total. The van der Waals surface area contributed by atoms with Crippen molar-refractivity contribution in [2.24, 2.45) is 16.5 Å². The predicted octanol–water partition coefficient (Wildman–Crippen LogP) is -0.753. The fourth-order valence-corrected chi connectivity index (χ4v) is 2.26. The lowest BCUT2D eigenvalue weighted by Crippen LogP contribution is -2.24. The molecule has 4 N–H and O–H groups in total. The molecule has 1 amide bonds. The highest BCUT2D eigenvalue weighted by atomic mass is 32.2. The Morgan fingerprint density at radius 3 is 2.15 bits per heavy atom. The van der Waals surface area contributed by atoms with Gasteiger partial charge in [-0.05, 0) is 12.1 Å². The van der Waals surface area contributed by atoms with Gasteiger partial charge in [-0.3, -0.25) is 4.79 Å². The summed E-state index contributed by atoms with van der Waals surface area (Å²) in [4.78, 5) is 14.6. The first-order chi connectivity index (χ1) is 9.20. The summed E-state index contributed by atoms with van der Waals surface area (Å²) in [5.74, 6) is -1.49. The zero-order chi connectivity index (χ0) is 15.5. The maximum atomic E-state index is 11.7. The van der Waals surface area contributed by atoms with Crippen LogP contribution in [0, 0.1) is 22.7 Å². The minimum atomic E-state index is -3.75. The summed E-state index contributed by atoms with van der Waals surface area (Å²) in [6.07, 6.45) is 0.879. The van der Waals surface area contributed by atoms with Crippen molar-refractivity contribution in [3.63, 3.8) is 0 Å². The molecule has 102 valence electrons. The number of benzene rings is 1. The molecule has 0 aliphatic heterocycles. The van der Waals surface area contributed by atoms with Crippen LogP contribution in [0.1, 0.15) is 21.5 Å². The zero-order valence-electron chi connectivity index (χ0n) is 10.3. The largest absolute Gasteiger partial charge is 0.370 e. The maximum Gasteiger partial charge on any atom is 0.281 e. The van der Waals surface area contributed by atoms with Crippen molar-refractivity contribution in [2.45, 2.75) is 4.90 Å². The third kappa shape index (κ3) is 3.10. The van der Waals surface area contributed by atoms with Crippen LogP contribution < -0.4 is 11.5 Å². The minimum Gasteiger partial charge on any atom is -0.370 e. The van der Waals surface area contributed by atoms with E-state index in [1.807, 2.05) is 0 Å². The van der Waals surface area contributed by atoms with E-state index >= 15 is 0 Å². The Hall–Kier alpha value is -2.91. The molecular formula is C11H9N5O3S. The van der Waals surface area contributed by atoms with Gasteiger partial charge < -0.3 is 11.5 Å². The topological polar surface area (TPSA) is 163 Å². The van der Waals surface area contributed by atoms with Gasteiger partial charge in [-0.25, -0.2) is 8.42 Å². The monoisotopic (exact) mass is 291 g/mol. The first kappa shape index (κ1) is 15.1. The van der Waals surface area contributed by atoms with Gasteiger partial charge in [0.25, 0.3) is 5.91 Å². The van der Waals surface area contributed by atoms with E-state index in [-0.39, 0.29) is 21.6 Å². The van der Waals surface area contributed by atoms with E-state index in [1.54, 1.807) is 12.1 Å². The molecule has 0 bridgehead atoms. The molecule has 0 unspecified atom stereocenters. The molecule has 20 heavy (non-hydrogen) atoms. The summed E-state index contributed by atoms with van der Waals surface area (Å²) in [6.45, 7) is 0. The molecule has 0 aliphatic rings. The standard InChI is InChI=1S/C11H9N5O3S/c1-20(18,19)9-3-8(10(17)16-11(14)15)6(4-12)2-7(9)5-13/h2-3H,1H3,(H4,14,15,16,17). The molecule has 9 heteroatoms. The minimum absolute atomic E-state index is 0.191. The summed E-state index contributed by atoms with van der Waals surface area (Å²) in [5.41, 5.74) is 9.40. The van der Waals surface area contributed by atoms with Crippen LogP contribution in [0.15, 0.2) is 22.0 Å². The van der Waals surface area contributed by atoms with Crippen molar-refractivity contribution >= 4 is 21.7 Å². The number of hydrogen-bond acceptors (Lipinski definition) is 5. The summed E-state index contributed by atoms with van der Waals surface area (Å²) in [7, 11) is -3.75. The number of aliphatic imine (C=N–C) groups is 1. The van der Waals surface area contributed by atoms with Crippen LogP contribution in [0.2, 0.25) is 0 Å². The lowest BCUT2D eigenvalue weighted by molar-refractivity contribution is 0.100. The highest BCUT2D eigenvalue weighted by Gasteiger charge is 2.20. The van der Waals surface area contributed by atoms with E-state index < -0.39 is 21.7 Å². The Kier molecular flexibility index (Phi) is 4.08. The Balaban J connectivity index is 3.71. The summed E-state index contributed by atoms with van der Waals surface area (Å²) in [5, 5.41) is 17.8. The van der Waals surface area contributed by atoms with E-state index in [0.29, 0.717) is 0 Å². The van der Waals surface area contributed by atoms with Gasteiger partial charge in [0.15, 0.2) is 15.8 Å². The van der Waals surface area contributed by atoms with Crippen molar-refractivity contribution in [2.75, 3.05) is 6.26 Å². The van der Waals surface area contributed by atoms with Crippen molar-refractivity contribution in [3.8, 4) is 12.1 Å². The molecular weight excluding hydrogens is 282 g/mol. The van der Waals surface area contributed by atoms with Crippen LogP contribution in [0.3, 0.4) is 0 Å². The van der Waals surface area contributed by atoms with E-state index in [4.69, 9.17) is 22.0 Å². The second kappa shape index (κ2) is 5.38. The van der Waals surface area contributed by atoms with Crippen LogP contribution in [0.5, 0.6) is 0 Å². The fourth-order valence-electron chi connectivity index (χ4n) is 1.42. The molecule has 0 aliphatic carbocycles. The smallest absolute Gasteiger partial charge is 0.281 e. The Labute approximate surface area is 114 Å². The highest BCUT2D eigenvalue weighted by molar-refractivity contribution is 7.90. The molecule has 0 spiro atoms. The van der Waals surface area contributed by atoms with Crippen molar-refractivity contribution in [3.05, 3.63) is 28.8 Å². The molecule has 0 atom stereocenters. The number of sulfone groups is 1. The maximum absolute atomic E-state index is 11.7. The molecule has 0 radical (unpaired) electrons. The number of hydrogen-bond donors (Lipinski definition) is 2. The number of guanidine groups is 1. The predicted molar refractivity (Wildman–Crippen MR) is 69.1 cm³/mol. The van der Waals surface area contributed by atoms with Crippen LogP contribution in [-0.4, -0.2) is 26.5 Å². The zero-order valence-corrected chi connectivity index (χ0v) is 11.1. The van der Waals surface area contributed by atoms with Gasteiger partial charge in [-0.15, -0.1) is 0 Å². The molecule has 0 saturated carbocycles. The third-order valence-corrected chi connectivity index (χ3v) is 3.36. The Morgan fingerprint density at radius 2 is 1.75 bits per heavy atom. The lowest BCUT2D eigenvalue weighted by atomic mass is 10.0. The second-order valence-corrected chi connectivity index (χ2v) is 5.72. The molecule has 1 aromatic rings. The number of rotatable bonds is 2. The number of nitrogens with two attached hydrogens (primary N) is 2. The summed E-state index contributed by atoms with van der Waals surface area (Å²) < 4.78 is 23.2. The Morgan fingerprint density at radius 1 is 1.20 bits per heavy atom. The normalized spacial score (nSPS) is 10.2. The van der Waals surface area contributed by atoms with E-state index in [1.165, 1.54) is 0 Å². The molecule has 1 rings (SSSR count). The van der Waals surface area contributed by atoms with Gasteiger partial charge in [0.2, 0.25) is 0 Å². The van der Waals surface area contributed by atoms with Crippen LogP contribution in [-0.2, 0) is 9.84 Å². The number of amides is 1. The first-order valence-corrected chi connectivity index (χ1v) is 6.92. The van der Waals surface area contributed by atoms with Gasteiger partial charge in [0.05, 0.1) is 21.6 Å². The first-order valence-electron chi connectivity index (χ1n) is 5.03. The van der Waals surface area contributed by atoms with Crippen molar-refractivity contribution < 1.29 is 13.2 Å². The van der Waals surface area contributed by atoms with Crippen molar-refractivity contribution in [1.82, 2.24) is 0 Å². The second-order valence-electron chi connectivity index (χ2n) is 3.73. The van der Waals surface area contributed by atoms with Gasteiger partial charge in [-0.2, -0.15) is 15.5 Å². The third-order valence-electron chi connectivity index (χ3n) is 2.22. The van der Waals surface area contributed by atoms with E-state index in [0.717, 1.165) is 18.4 Å². The SMILES string of the molecule is CS(=O)(=O)c1cc(C(=O)N=C(N)N)c(C#N)cc1C#N. The van der Waals surface area contributed by atoms with E-state index in [9.17, 15) is 13.2 Å².